The number of amides is 1. The second-order valence-corrected chi connectivity index (χ2v) is 6.74. The molecule has 1 saturated heterocycles. The molecule has 3 atom stereocenters. The lowest BCUT2D eigenvalue weighted by atomic mass is 9.57. The Labute approximate surface area is 147 Å². The van der Waals surface area contributed by atoms with Crippen molar-refractivity contribution in [2.75, 3.05) is 26.8 Å². The Hall–Kier alpha value is -2.45. The SMILES string of the molecule is COCCN1CC[C@@H]2[C@@H](C)C(=O)C(C#N)=C[C@@]2(c2ccccc2)C1=O. The Kier molecular flexibility index (Phi) is 4.73. The number of carbonyl (C=O) groups excluding carboxylic acids is 2. The predicted molar refractivity (Wildman–Crippen MR) is 92.6 cm³/mol. The van der Waals surface area contributed by atoms with Crippen LogP contribution in [0.5, 0.6) is 0 Å². The van der Waals surface area contributed by atoms with Crippen molar-refractivity contribution >= 4 is 11.7 Å². The molecule has 25 heavy (non-hydrogen) atoms. The fourth-order valence-electron chi connectivity index (χ4n) is 4.22. The average molecular weight is 338 g/mol. The average Bonchev–Trinajstić information content (AvgIpc) is 2.65. The van der Waals surface area contributed by atoms with Crippen molar-refractivity contribution in [3.63, 3.8) is 0 Å². The van der Waals surface area contributed by atoms with E-state index in [0.717, 1.165) is 12.0 Å². The molecule has 1 fully saturated rings. The maximum absolute atomic E-state index is 13.5. The first-order valence-electron chi connectivity index (χ1n) is 8.57. The molecule has 1 aliphatic carbocycles. The summed E-state index contributed by atoms with van der Waals surface area (Å²) in [5, 5.41) is 9.44. The number of nitrogens with zero attached hydrogens (tertiary/aromatic N) is 2. The van der Waals surface area contributed by atoms with E-state index in [0.29, 0.717) is 19.7 Å². The van der Waals surface area contributed by atoms with Gasteiger partial charge in [0.1, 0.15) is 6.07 Å². The molecule has 2 aliphatic rings. The van der Waals surface area contributed by atoms with Gasteiger partial charge < -0.3 is 9.64 Å². The van der Waals surface area contributed by atoms with Crippen LogP contribution in [0.3, 0.4) is 0 Å². The Balaban J connectivity index is 2.18. The van der Waals surface area contributed by atoms with Crippen molar-refractivity contribution in [2.24, 2.45) is 11.8 Å². The van der Waals surface area contributed by atoms with Gasteiger partial charge >= 0.3 is 0 Å². The van der Waals surface area contributed by atoms with Crippen LogP contribution in [0, 0.1) is 23.2 Å². The summed E-state index contributed by atoms with van der Waals surface area (Å²) >= 11 is 0. The van der Waals surface area contributed by atoms with Gasteiger partial charge in [-0.2, -0.15) is 5.26 Å². The zero-order chi connectivity index (χ0) is 18.0. The number of carbonyl (C=O) groups is 2. The number of methoxy groups -OCH3 is 1. The molecule has 0 radical (unpaired) electrons. The summed E-state index contributed by atoms with van der Waals surface area (Å²) in [5.41, 5.74) is -0.0141. The number of likely N-dealkylation sites (tertiary alicyclic amines) is 1. The van der Waals surface area contributed by atoms with Crippen molar-refractivity contribution in [1.82, 2.24) is 4.90 Å². The number of fused-ring (bicyclic) bond motifs is 1. The second-order valence-electron chi connectivity index (χ2n) is 6.74. The molecule has 0 spiro atoms. The molecule has 1 heterocycles. The van der Waals surface area contributed by atoms with Crippen molar-refractivity contribution in [2.45, 2.75) is 18.8 Å². The summed E-state index contributed by atoms with van der Waals surface area (Å²) in [6.45, 7) is 3.42. The number of Topliss-reactive ketones (excluding diaryl/α,β-unsaturated/α-hetero) is 1. The van der Waals surface area contributed by atoms with E-state index in [4.69, 9.17) is 4.74 Å². The van der Waals surface area contributed by atoms with E-state index < -0.39 is 5.41 Å². The maximum Gasteiger partial charge on any atom is 0.237 e. The van der Waals surface area contributed by atoms with Gasteiger partial charge in [-0.15, -0.1) is 0 Å². The number of rotatable bonds is 4. The number of piperidine rings is 1. The number of nitriles is 1. The van der Waals surface area contributed by atoms with Gasteiger partial charge in [0.2, 0.25) is 5.91 Å². The minimum absolute atomic E-state index is 0.0425. The van der Waals surface area contributed by atoms with Gasteiger partial charge in [0.15, 0.2) is 5.78 Å². The topological polar surface area (TPSA) is 70.4 Å². The number of allylic oxidation sites excluding steroid dienone is 1. The molecule has 3 rings (SSSR count). The van der Waals surface area contributed by atoms with E-state index in [2.05, 4.69) is 0 Å². The molecule has 5 heteroatoms. The van der Waals surface area contributed by atoms with Gasteiger partial charge in [-0.05, 0) is 24.0 Å². The van der Waals surface area contributed by atoms with Gasteiger partial charge in [-0.25, -0.2) is 0 Å². The highest BCUT2D eigenvalue weighted by molar-refractivity contribution is 6.06. The minimum Gasteiger partial charge on any atom is -0.383 e. The number of hydrogen-bond acceptors (Lipinski definition) is 4. The van der Waals surface area contributed by atoms with Gasteiger partial charge in [0, 0.05) is 26.1 Å². The van der Waals surface area contributed by atoms with Gasteiger partial charge in [0.05, 0.1) is 17.6 Å². The van der Waals surface area contributed by atoms with E-state index >= 15 is 0 Å². The normalized spacial score (nSPS) is 29.0. The zero-order valence-electron chi connectivity index (χ0n) is 14.6. The molecule has 0 saturated carbocycles. The minimum atomic E-state index is -0.953. The Morgan fingerprint density at radius 1 is 1.32 bits per heavy atom. The van der Waals surface area contributed by atoms with Crippen LogP contribution in [0.4, 0.5) is 0 Å². The smallest absolute Gasteiger partial charge is 0.237 e. The summed E-state index contributed by atoms with van der Waals surface area (Å²) < 4.78 is 5.13. The molecule has 0 unspecified atom stereocenters. The third kappa shape index (κ3) is 2.67. The van der Waals surface area contributed by atoms with E-state index in [9.17, 15) is 14.9 Å². The lowest BCUT2D eigenvalue weighted by Gasteiger charge is -2.49. The van der Waals surface area contributed by atoms with E-state index in [1.54, 1.807) is 18.1 Å². The number of ether oxygens (including phenoxy) is 1. The maximum atomic E-state index is 13.5. The van der Waals surface area contributed by atoms with Crippen LogP contribution in [0.2, 0.25) is 0 Å². The third-order valence-corrected chi connectivity index (χ3v) is 5.53. The molecular formula is C20H22N2O3. The largest absolute Gasteiger partial charge is 0.383 e. The fraction of sp³-hybridized carbons (Fsp3) is 0.450. The molecule has 0 bridgehead atoms. The summed E-state index contributed by atoms with van der Waals surface area (Å²) in [6.07, 6.45) is 2.35. The molecule has 1 amide bonds. The first-order valence-corrected chi connectivity index (χ1v) is 8.57. The molecule has 0 N–H and O–H groups in total. The number of benzene rings is 1. The van der Waals surface area contributed by atoms with Gasteiger partial charge in [-0.3, -0.25) is 9.59 Å². The van der Waals surface area contributed by atoms with Crippen LogP contribution in [-0.2, 0) is 19.7 Å². The van der Waals surface area contributed by atoms with Gasteiger partial charge in [-0.1, -0.05) is 37.3 Å². The summed E-state index contributed by atoms with van der Waals surface area (Å²) in [4.78, 5) is 27.8. The Morgan fingerprint density at radius 2 is 2.04 bits per heavy atom. The van der Waals surface area contributed by atoms with Crippen molar-refractivity contribution in [3.05, 3.63) is 47.5 Å². The molecule has 1 aliphatic heterocycles. The van der Waals surface area contributed by atoms with Crippen LogP contribution in [0.1, 0.15) is 18.9 Å². The summed E-state index contributed by atoms with van der Waals surface area (Å²) in [6, 6.07) is 11.5. The molecule has 1 aromatic rings. The monoisotopic (exact) mass is 338 g/mol. The molecule has 1 aromatic carbocycles. The van der Waals surface area contributed by atoms with Crippen LogP contribution in [0.15, 0.2) is 42.0 Å². The van der Waals surface area contributed by atoms with Crippen molar-refractivity contribution in [3.8, 4) is 6.07 Å². The highest BCUT2D eigenvalue weighted by Gasteiger charge is 2.56. The fourth-order valence-corrected chi connectivity index (χ4v) is 4.22. The van der Waals surface area contributed by atoms with Crippen molar-refractivity contribution < 1.29 is 14.3 Å². The lowest BCUT2D eigenvalue weighted by Crippen LogP contribution is -2.60. The number of hydrogen-bond donors (Lipinski definition) is 0. The van der Waals surface area contributed by atoms with Crippen molar-refractivity contribution in [1.29, 1.82) is 5.26 Å². The van der Waals surface area contributed by atoms with Crippen LogP contribution < -0.4 is 0 Å². The predicted octanol–water partition coefficient (Wildman–Crippen LogP) is 2.09. The third-order valence-electron chi connectivity index (χ3n) is 5.53. The van der Waals surface area contributed by atoms with E-state index in [1.807, 2.05) is 43.3 Å². The Morgan fingerprint density at radius 3 is 2.68 bits per heavy atom. The summed E-state index contributed by atoms with van der Waals surface area (Å²) in [7, 11) is 1.61. The molecule has 130 valence electrons. The van der Waals surface area contributed by atoms with E-state index in [-0.39, 0.29) is 29.1 Å². The van der Waals surface area contributed by atoms with Crippen LogP contribution in [0.25, 0.3) is 0 Å². The van der Waals surface area contributed by atoms with Gasteiger partial charge in [0.25, 0.3) is 0 Å². The molecular weight excluding hydrogens is 316 g/mol. The summed E-state index contributed by atoms with van der Waals surface area (Å²) in [5.74, 6) is -0.685. The quantitative estimate of drug-likeness (QED) is 0.843. The standard InChI is InChI=1S/C20H22N2O3/c1-14-17-8-9-22(10-11-25-2)19(24)20(17,12-15(13-21)18(14)23)16-6-4-3-5-7-16/h3-7,12,14,17H,8-11H2,1-2H3/t14-,17-,20+/m1/s1. The first-order chi connectivity index (χ1) is 12.1. The molecule has 5 nitrogen and oxygen atoms in total. The highest BCUT2D eigenvalue weighted by Crippen LogP contribution is 2.48. The molecule has 0 aromatic heterocycles. The Bertz CT molecular complexity index is 750. The zero-order valence-corrected chi connectivity index (χ0v) is 14.6. The second kappa shape index (κ2) is 6.81. The number of ketones is 1. The lowest BCUT2D eigenvalue weighted by molar-refractivity contribution is -0.145. The van der Waals surface area contributed by atoms with Crippen LogP contribution in [-0.4, -0.2) is 43.4 Å². The first kappa shape index (κ1) is 17.4. The highest BCUT2D eigenvalue weighted by atomic mass is 16.5. The van der Waals surface area contributed by atoms with Crippen LogP contribution >= 0.6 is 0 Å². The van der Waals surface area contributed by atoms with E-state index in [1.165, 1.54) is 0 Å².